The fraction of sp³-hybridized carbons (Fsp3) is 0.611. The molecule has 1 aliphatic heterocycles. The molecule has 1 amide bonds. The van der Waals surface area contributed by atoms with Gasteiger partial charge in [-0.1, -0.05) is 37.3 Å². The van der Waals surface area contributed by atoms with Gasteiger partial charge in [0.05, 0.1) is 4.90 Å². The molecule has 3 rings (SSSR count). The second-order valence-electron chi connectivity index (χ2n) is 6.92. The van der Waals surface area contributed by atoms with Crippen LogP contribution in [0.2, 0.25) is 5.02 Å². The molecule has 1 aliphatic carbocycles. The molecule has 0 spiro atoms. The number of carbonyl (C=O) groups is 1. The summed E-state index contributed by atoms with van der Waals surface area (Å²) < 4.78 is 27.2. The molecule has 1 N–H and O–H groups in total. The van der Waals surface area contributed by atoms with Crippen LogP contribution in [0.15, 0.2) is 29.2 Å². The highest BCUT2D eigenvalue weighted by Crippen LogP contribution is 2.27. The van der Waals surface area contributed by atoms with Gasteiger partial charge in [-0.3, -0.25) is 4.79 Å². The van der Waals surface area contributed by atoms with Crippen LogP contribution in [0.3, 0.4) is 0 Å². The van der Waals surface area contributed by atoms with Gasteiger partial charge in [-0.05, 0) is 49.9 Å². The topological polar surface area (TPSA) is 66.5 Å². The van der Waals surface area contributed by atoms with Crippen molar-refractivity contribution in [2.75, 3.05) is 6.54 Å². The Hall–Kier alpha value is -1.11. The lowest BCUT2D eigenvalue weighted by atomic mass is 10.1. The maximum atomic E-state index is 12.9. The summed E-state index contributed by atoms with van der Waals surface area (Å²) >= 11 is 5.85. The molecule has 2 aliphatic rings. The van der Waals surface area contributed by atoms with Crippen molar-refractivity contribution >= 4 is 27.5 Å². The molecule has 1 saturated heterocycles. The first kappa shape index (κ1) is 18.7. The van der Waals surface area contributed by atoms with Crippen molar-refractivity contribution in [2.24, 2.45) is 0 Å². The highest BCUT2D eigenvalue weighted by molar-refractivity contribution is 7.89. The van der Waals surface area contributed by atoms with E-state index in [2.05, 4.69) is 5.32 Å². The van der Waals surface area contributed by atoms with Crippen LogP contribution in [0.25, 0.3) is 0 Å². The summed E-state index contributed by atoms with van der Waals surface area (Å²) in [5, 5.41) is 3.59. The number of rotatable bonds is 4. The third kappa shape index (κ3) is 4.36. The van der Waals surface area contributed by atoms with Crippen molar-refractivity contribution in [3.8, 4) is 0 Å². The van der Waals surface area contributed by atoms with Gasteiger partial charge in [0.2, 0.25) is 15.9 Å². The Balaban J connectivity index is 1.72. The zero-order valence-corrected chi connectivity index (χ0v) is 15.9. The Labute approximate surface area is 154 Å². The maximum absolute atomic E-state index is 12.9. The normalized spacial score (nSPS) is 23.3. The fourth-order valence-corrected chi connectivity index (χ4v) is 5.54. The summed E-state index contributed by atoms with van der Waals surface area (Å²) in [5.41, 5.74) is 0. The van der Waals surface area contributed by atoms with Crippen molar-refractivity contribution < 1.29 is 13.2 Å². The van der Waals surface area contributed by atoms with E-state index in [-0.39, 0.29) is 16.8 Å². The van der Waals surface area contributed by atoms with Gasteiger partial charge < -0.3 is 5.32 Å². The molecule has 1 heterocycles. The fourth-order valence-electron chi connectivity index (χ4n) is 3.75. The van der Waals surface area contributed by atoms with Crippen LogP contribution < -0.4 is 5.32 Å². The number of hydrogen-bond acceptors (Lipinski definition) is 3. The minimum absolute atomic E-state index is 0.151. The minimum Gasteiger partial charge on any atom is -0.352 e. The molecule has 1 atom stereocenters. The summed E-state index contributed by atoms with van der Waals surface area (Å²) in [4.78, 5) is 12.9. The van der Waals surface area contributed by atoms with Crippen molar-refractivity contribution in [2.45, 2.75) is 68.3 Å². The predicted molar refractivity (Wildman–Crippen MR) is 98.0 cm³/mol. The number of carbonyl (C=O) groups excluding carboxylic acids is 1. The summed E-state index contributed by atoms with van der Waals surface area (Å²) in [6.07, 6.45) is 7.94. The highest BCUT2D eigenvalue weighted by Gasteiger charge is 2.39. The molecule has 0 aromatic heterocycles. The number of nitrogens with one attached hydrogen (secondary N) is 1. The zero-order chi connectivity index (χ0) is 17.9. The van der Waals surface area contributed by atoms with Crippen LogP contribution in [0.5, 0.6) is 0 Å². The lowest BCUT2D eigenvalue weighted by Gasteiger charge is -2.25. The van der Waals surface area contributed by atoms with Crippen LogP contribution in [-0.2, 0) is 14.8 Å². The molecule has 0 unspecified atom stereocenters. The average Bonchev–Trinajstić information content (AvgIpc) is 2.96. The van der Waals surface area contributed by atoms with E-state index in [1.54, 1.807) is 12.1 Å². The number of sulfonamides is 1. The standard InChI is InChI=1S/C18H25ClN2O3S/c19-14-9-11-16(12-10-14)25(23,24)21-13-5-8-17(21)18(22)20-15-6-3-1-2-4-7-15/h9-12,15,17H,1-8,13H2,(H,20,22)/t17-/m0/s1. The number of hydrogen-bond donors (Lipinski definition) is 1. The molecule has 5 nitrogen and oxygen atoms in total. The molecule has 0 radical (unpaired) electrons. The highest BCUT2D eigenvalue weighted by atomic mass is 35.5. The van der Waals surface area contributed by atoms with Crippen LogP contribution in [0, 0.1) is 0 Å². The molecule has 7 heteroatoms. The quantitative estimate of drug-likeness (QED) is 0.809. The second-order valence-corrected chi connectivity index (χ2v) is 9.25. The molecule has 25 heavy (non-hydrogen) atoms. The number of benzene rings is 1. The van der Waals surface area contributed by atoms with Crippen LogP contribution in [0.4, 0.5) is 0 Å². The smallest absolute Gasteiger partial charge is 0.243 e. The maximum Gasteiger partial charge on any atom is 0.243 e. The summed E-state index contributed by atoms with van der Waals surface area (Å²) in [6, 6.07) is 5.68. The van der Waals surface area contributed by atoms with Crippen molar-refractivity contribution in [3.05, 3.63) is 29.3 Å². The van der Waals surface area contributed by atoms with Crippen LogP contribution in [0.1, 0.15) is 51.4 Å². The van der Waals surface area contributed by atoms with Gasteiger partial charge >= 0.3 is 0 Å². The van der Waals surface area contributed by atoms with E-state index >= 15 is 0 Å². The Morgan fingerprint density at radius 3 is 2.28 bits per heavy atom. The zero-order valence-electron chi connectivity index (χ0n) is 14.3. The minimum atomic E-state index is -3.68. The Kier molecular flexibility index (Phi) is 6.02. The first-order valence-electron chi connectivity index (χ1n) is 9.06. The summed E-state index contributed by atoms with van der Waals surface area (Å²) in [7, 11) is -3.68. The third-order valence-corrected chi connectivity index (χ3v) is 7.30. The largest absolute Gasteiger partial charge is 0.352 e. The van der Waals surface area contributed by atoms with Crippen molar-refractivity contribution in [1.29, 1.82) is 0 Å². The SMILES string of the molecule is O=C(NC1CCCCCC1)[C@@H]1CCCN1S(=O)(=O)c1ccc(Cl)cc1. The monoisotopic (exact) mass is 384 g/mol. The first-order chi connectivity index (χ1) is 12.0. The van der Waals surface area contributed by atoms with Gasteiger partial charge in [0.25, 0.3) is 0 Å². The van der Waals surface area contributed by atoms with Gasteiger partial charge in [-0.15, -0.1) is 0 Å². The average molecular weight is 385 g/mol. The summed E-state index contributed by atoms with van der Waals surface area (Å²) in [5.74, 6) is -0.151. The third-order valence-electron chi connectivity index (χ3n) is 5.13. The Bertz CT molecular complexity index is 698. The number of halogens is 1. The Morgan fingerprint density at radius 1 is 1.00 bits per heavy atom. The lowest BCUT2D eigenvalue weighted by molar-refractivity contribution is -0.125. The van der Waals surface area contributed by atoms with Gasteiger partial charge in [0.15, 0.2) is 0 Å². The van der Waals surface area contributed by atoms with Crippen LogP contribution in [-0.4, -0.2) is 37.3 Å². The van der Waals surface area contributed by atoms with Crippen molar-refractivity contribution in [1.82, 2.24) is 9.62 Å². The van der Waals surface area contributed by atoms with E-state index in [1.807, 2.05) is 0 Å². The van der Waals surface area contributed by atoms with Gasteiger partial charge in [0.1, 0.15) is 6.04 Å². The predicted octanol–water partition coefficient (Wildman–Crippen LogP) is 3.33. The van der Waals surface area contributed by atoms with Crippen molar-refractivity contribution in [3.63, 3.8) is 0 Å². The van der Waals surface area contributed by atoms with E-state index in [0.29, 0.717) is 24.4 Å². The second kappa shape index (κ2) is 8.06. The van der Waals surface area contributed by atoms with E-state index in [4.69, 9.17) is 11.6 Å². The van der Waals surface area contributed by atoms with E-state index < -0.39 is 16.1 Å². The van der Waals surface area contributed by atoms with E-state index in [1.165, 1.54) is 29.3 Å². The summed E-state index contributed by atoms with van der Waals surface area (Å²) in [6.45, 7) is 0.383. The van der Waals surface area contributed by atoms with E-state index in [9.17, 15) is 13.2 Å². The molecule has 2 fully saturated rings. The van der Waals surface area contributed by atoms with Crippen LogP contribution >= 0.6 is 11.6 Å². The molecular formula is C18H25ClN2O3S. The van der Waals surface area contributed by atoms with Gasteiger partial charge in [-0.2, -0.15) is 4.31 Å². The van der Waals surface area contributed by atoms with E-state index in [0.717, 1.165) is 25.7 Å². The number of nitrogens with zero attached hydrogens (tertiary/aromatic N) is 1. The molecule has 138 valence electrons. The van der Waals surface area contributed by atoms with Gasteiger partial charge in [0, 0.05) is 17.6 Å². The molecule has 1 saturated carbocycles. The molecule has 1 aromatic rings. The number of amides is 1. The van der Waals surface area contributed by atoms with Gasteiger partial charge in [-0.25, -0.2) is 8.42 Å². The lowest BCUT2D eigenvalue weighted by Crippen LogP contribution is -2.48. The first-order valence-corrected chi connectivity index (χ1v) is 10.9. The molecule has 0 bridgehead atoms. The molecule has 1 aromatic carbocycles. The molecular weight excluding hydrogens is 360 g/mol. The Morgan fingerprint density at radius 2 is 1.64 bits per heavy atom.